The number of unbranched alkanes of at least 4 members (excludes halogenated alkanes) is 2. The Bertz CT molecular complexity index is 889. The highest BCUT2D eigenvalue weighted by molar-refractivity contribution is 6.33. The summed E-state index contributed by atoms with van der Waals surface area (Å²) < 4.78 is 14.6. The van der Waals surface area contributed by atoms with Crippen LogP contribution in [0, 0.1) is 18.7 Å². The van der Waals surface area contributed by atoms with Gasteiger partial charge in [0, 0.05) is 25.6 Å². The Morgan fingerprint density at radius 3 is 2.50 bits per heavy atom. The Balaban J connectivity index is 1.63. The van der Waals surface area contributed by atoms with Crippen LogP contribution >= 0.6 is 11.6 Å². The molecule has 1 aromatic carbocycles. The Hall–Kier alpha value is -2.41. The van der Waals surface area contributed by atoms with Gasteiger partial charge in [-0.05, 0) is 50.5 Å². The SMILES string of the molecule is CCCCCNC(=O)C1CCN(C(=O)c2c(C)nn(-c3ccc(F)cc3)c2Cl)CC1. The molecule has 8 heteroatoms. The van der Waals surface area contributed by atoms with Gasteiger partial charge in [-0.3, -0.25) is 9.59 Å². The molecule has 30 heavy (non-hydrogen) atoms. The molecule has 0 aliphatic carbocycles. The monoisotopic (exact) mass is 434 g/mol. The van der Waals surface area contributed by atoms with Crippen LogP contribution < -0.4 is 5.32 Å². The molecule has 0 saturated carbocycles. The number of carbonyl (C=O) groups is 2. The van der Waals surface area contributed by atoms with Crippen molar-refractivity contribution < 1.29 is 14.0 Å². The van der Waals surface area contributed by atoms with E-state index in [4.69, 9.17) is 11.6 Å². The molecule has 1 fully saturated rings. The van der Waals surface area contributed by atoms with Crippen molar-refractivity contribution >= 4 is 23.4 Å². The Morgan fingerprint density at radius 2 is 1.87 bits per heavy atom. The lowest BCUT2D eigenvalue weighted by Gasteiger charge is -2.31. The van der Waals surface area contributed by atoms with Gasteiger partial charge in [0.1, 0.15) is 11.0 Å². The van der Waals surface area contributed by atoms with Crippen LogP contribution in [0.2, 0.25) is 5.15 Å². The lowest BCUT2D eigenvalue weighted by Crippen LogP contribution is -2.43. The Morgan fingerprint density at radius 1 is 1.20 bits per heavy atom. The number of carbonyl (C=O) groups excluding carboxylic acids is 2. The molecule has 0 spiro atoms. The van der Waals surface area contributed by atoms with Crippen molar-refractivity contribution in [2.75, 3.05) is 19.6 Å². The number of nitrogens with zero attached hydrogens (tertiary/aromatic N) is 3. The number of nitrogens with one attached hydrogen (secondary N) is 1. The van der Waals surface area contributed by atoms with Crippen LogP contribution in [0.3, 0.4) is 0 Å². The van der Waals surface area contributed by atoms with E-state index in [1.54, 1.807) is 24.0 Å². The summed E-state index contributed by atoms with van der Waals surface area (Å²) in [6.45, 7) is 5.58. The van der Waals surface area contributed by atoms with E-state index in [-0.39, 0.29) is 28.7 Å². The normalized spacial score (nSPS) is 14.7. The highest BCUT2D eigenvalue weighted by atomic mass is 35.5. The number of likely N-dealkylation sites (tertiary alicyclic amines) is 1. The first kappa shape index (κ1) is 22.3. The number of piperidine rings is 1. The minimum absolute atomic E-state index is 0.0609. The van der Waals surface area contributed by atoms with Crippen LogP contribution in [0.15, 0.2) is 24.3 Å². The van der Waals surface area contributed by atoms with Gasteiger partial charge in [0.15, 0.2) is 0 Å². The Labute approximate surface area is 181 Å². The topological polar surface area (TPSA) is 67.2 Å². The van der Waals surface area contributed by atoms with Crippen molar-refractivity contribution in [2.45, 2.75) is 46.0 Å². The molecule has 0 bridgehead atoms. The summed E-state index contributed by atoms with van der Waals surface area (Å²) in [6.07, 6.45) is 4.49. The van der Waals surface area contributed by atoms with Crippen molar-refractivity contribution in [3.05, 3.63) is 46.5 Å². The second kappa shape index (κ2) is 10.1. The molecule has 2 amide bonds. The zero-order valence-electron chi connectivity index (χ0n) is 17.5. The molecule has 6 nitrogen and oxygen atoms in total. The first-order valence-corrected chi connectivity index (χ1v) is 10.9. The first-order chi connectivity index (χ1) is 14.4. The average Bonchev–Trinajstić information content (AvgIpc) is 3.05. The maximum absolute atomic E-state index is 13.2. The lowest BCUT2D eigenvalue weighted by molar-refractivity contribution is -0.126. The molecule has 1 N–H and O–H groups in total. The summed E-state index contributed by atoms with van der Waals surface area (Å²) in [5, 5.41) is 7.58. The zero-order valence-corrected chi connectivity index (χ0v) is 18.2. The smallest absolute Gasteiger partial charge is 0.258 e. The summed E-state index contributed by atoms with van der Waals surface area (Å²) in [6, 6.07) is 5.77. The van der Waals surface area contributed by atoms with Crippen LogP contribution in [0.4, 0.5) is 4.39 Å². The standard InChI is InChI=1S/C22H28ClFN4O2/c1-3-4-5-12-25-21(29)16-10-13-27(14-11-16)22(30)19-15(2)26-28(20(19)23)18-8-6-17(24)7-9-18/h6-9,16H,3-5,10-14H2,1-2H3,(H,25,29). The zero-order chi connectivity index (χ0) is 21.7. The highest BCUT2D eigenvalue weighted by Gasteiger charge is 2.31. The molecule has 1 aliphatic rings. The Kier molecular flexibility index (Phi) is 7.48. The number of rotatable bonds is 7. The van der Waals surface area contributed by atoms with E-state index in [1.807, 2.05) is 0 Å². The maximum Gasteiger partial charge on any atom is 0.258 e. The van der Waals surface area contributed by atoms with E-state index in [0.29, 0.717) is 49.4 Å². The number of aryl methyl sites for hydroxylation is 1. The molecule has 2 aromatic rings. The molecule has 3 rings (SSSR count). The van der Waals surface area contributed by atoms with Crippen LogP contribution in [0.5, 0.6) is 0 Å². The number of aromatic nitrogens is 2. The van der Waals surface area contributed by atoms with Crippen LogP contribution in [0.1, 0.15) is 55.1 Å². The van der Waals surface area contributed by atoms with E-state index in [1.165, 1.54) is 16.8 Å². The molecule has 2 heterocycles. The van der Waals surface area contributed by atoms with E-state index in [9.17, 15) is 14.0 Å². The van der Waals surface area contributed by atoms with Crippen molar-refractivity contribution in [2.24, 2.45) is 5.92 Å². The van der Waals surface area contributed by atoms with Crippen LogP contribution in [-0.2, 0) is 4.79 Å². The molecule has 162 valence electrons. The summed E-state index contributed by atoms with van der Waals surface area (Å²) in [5.74, 6) is -0.522. The maximum atomic E-state index is 13.2. The van der Waals surface area contributed by atoms with Gasteiger partial charge in [-0.25, -0.2) is 9.07 Å². The molecule has 0 radical (unpaired) electrons. The second-order valence-electron chi connectivity index (χ2n) is 7.70. The molecular weight excluding hydrogens is 407 g/mol. The molecule has 0 unspecified atom stereocenters. The molecular formula is C22H28ClFN4O2. The van der Waals surface area contributed by atoms with Gasteiger partial charge in [-0.15, -0.1) is 0 Å². The first-order valence-electron chi connectivity index (χ1n) is 10.5. The molecule has 0 atom stereocenters. The number of benzene rings is 1. The van der Waals surface area contributed by atoms with Gasteiger partial charge in [0.05, 0.1) is 16.9 Å². The third kappa shape index (κ3) is 5.01. The van der Waals surface area contributed by atoms with E-state index in [0.717, 1.165) is 19.3 Å². The third-order valence-corrected chi connectivity index (χ3v) is 5.87. The fraction of sp³-hybridized carbons (Fsp3) is 0.500. The van der Waals surface area contributed by atoms with Gasteiger partial charge >= 0.3 is 0 Å². The predicted molar refractivity (Wildman–Crippen MR) is 114 cm³/mol. The molecule has 1 saturated heterocycles. The van der Waals surface area contributed by atoms with Gasteiger partial charge in [-0.1, -0.05) is 31.4 Å². The van der Waals surface area contributed by atoms with E-state index >= 15 is 0 Å². The highest BCUT2D eigenvalue weighted by Crippen LogP contribution is 2.27. The number of hydrogen-bond acceptors (Lipinski definition) is 3. The predicted octanol–water partition coefficient (Wildman–Crippen LogP) is 4.13. The van der Waals surface area contributed by atoms with Gasteiger partial charge < -0.3 is 10.2 Å². The number of halogens is 2. The van der Waals surface area contributed by atoms with Gasteiger partial charge in [0.25, 0.3) is 5.91 Å². The quantitative estimate of drug-likeness (QED) is 0.666. The summed E-state index contributed by atoms with van der Waals surface area (Å²) in [4.78, 5) is 27.1. The van der Waals surface area contributed by atoms with E-state index in [2.05, 4.69) is 17.3 Å². The number of hydrogen-bond donors (Lipinski definition) is 1. The van der Waals surface area contributed by atoms with Crippen molar-refractivity contribution in [3.63, 3.8) is 0 Å². The lowest BCUT2D eigenvalue weighted by atomic mass is 9.95. The minimum atomic E-state index is -0.354. The summed E-state index contributed by atoms with van der Waals surface area (Å²) in [5.41, 5.74) is 1.45. The fourth-order valence-electron chi connectivity index (χ4n) is 3.73. The minimum Gasteiger partial charge on any atom is -0.356 e. The second-order valence-corrected chi connectivity index (χ2v) is 8.06. The van der Waals surface area contributed by atoms with Gasteiger partial charge in [0.2, 0.25) is 5.91 Å². The van der Waals surface area contributed by atoms with Crippen LogP contribution in [-0.4, -0.2) is 46.1 Å². The fourth-order valence-corrected chi connectivity index (χ4v) is 4.08. The van der Waals surface area contributed by atoms with Crippen LogP contribution in [0.25, 0.3) is 5.69 Å². The largest absolute Gasteiger partial charge is 0.356 e. The molecule has 1 aliphatic heterocycles. The third-order valence-electron chi connectivity index (χ3n) is 5.52. The van der Waals surface area contributed by atoms with Crippen molar-refractivity contribution in [1.29, 1.82) is 0 Å². The van der Waals surface area contributed by atoms with Crippen molar-refractivity contribution in [3.8, 4) is 5.69 Å². The summed E-state index contributed by atoms with van der Waals surface area (Å²) in [7, 11) is 0. The summed E-state index contributed by atoms with van der Waals surface area (Å²) >= 11 is 6.48. The number of amides is 2. The molecule has 1 aromatic heterocycles. The van der Waals surface area contributed by atoms with Gasteiger partial charge in [-0.2, -0.15) is 5.10 Å². The van der Waals surface area contributed by atoms with Crippen molar-refractivity contribution in [1.82, 2.24) is 20.0 Å². The van der Waals surface area contributed by atoms with E-state index < -0.39 is 0 Å². The average molecular weight is 435 g/mol.